The number of hydrogen-bond donors (Lipinski definition) is 3. The SMILES string of the molecule is CCCc1cc(=O)[nH]c2cc(NC(=O)c3ccc4[nH]ccc4c3)ccc12. The van der Waals surface area contributed by atoms with Crippen molar-refractivity contribution in [3.05, 3.63) is 76.2 Å². The summed E-state index contributed by atoms with van der Waals surface area (Å²) >= 11 is 0. The predicted octanol–water partition coefficient (Wildman–Crippen LogP) is 4.21. The van der Waals surface area contributed by atoms with Crippen molar-refractivity contribution in [1.29, 1.82) is 0 Å². The lowest BCUT2D eigenvalue weighted by molar-refractivity contribution is 0.102. The van der Waals surface area contributed by atoms with Crippen LogP contribution in [0.2, 0.25) is 0 Å². The van der Waals surface area contributed by atoms with Gasteiger partial charge in [0.25, 0.3) is 5.91 Å². The van der Waals surface area contributed by atoms with E-state index >= 15 is 0 Å². The van der Waals surface area contributed by atoms with Gasteiger partial charge in [0.1, 0.15) is 0 Å². The third-order valence-corrected chi connectivity index (χ3v) is 4.52. The number of nitrogens with one attached hydrogen (secondary N) is 3. The van der Waals surface area contributed by atoms with Gasteiger partial charge in [-0.3, -0.25) is 9.59 Å². The van der Waals surface area contributed by atoms with Gasteiger partial charge in [0.05, 0.1) is 5.52 Å². The van der Waals surface area contributed by atoms with E-state index < -0.39 is 0 Å². The third kappa shape index (κ3) is 2.99. The van der Waals surface area contributed by atoms with E-state index in [0.717, 1.165) is 40.2 Å². The molecule has 2 aromatic carbocycles. The number of hydrogen-bond acceptors (Lipinski definition) is 2. The Morgan fingerprint density at radius 1 is 1.04 bits per heavy atom. The molecule has 5 heteroatoms. The van der Waals surface area contributed by atoms with Gasteiger partial charge in [-0.2, -0.15) is 0 Å². The number of amides is 1. The summed E-state index contributed by atoms with van der Waals surface area (Å²) in [7, 11) is 0. The molecular formula is C21H19N3O2. The second-order valence-electron chi connectivity index (χ2n) is 6.40. The normalized spacial score (nSPS) is 11.1. The van der Waals surface area contributed by atoms with Crippen molar-refractivity contribution in [2.24, 2.45) is 0 Å². The minimum atomic E-state index is -0.181. The quantitative estimate of drug-likeness (QED) is 0.518. The van der Waals surface area contributed by atoms with Crippen LogP contribution in [0.15, 0.2) is 59.5 Å². The summed E-state index contributed by atoms with van der Waals surface area (Å²) < 4.78 is 0. The Morgan fingerprint density at radius 2 is 1.92 bits per heavy atom. The van der Waals surface area contributed by atoms with Crippen molar-refractivity contribution >= 4 is 33.4 Å². The average molecular weight is 345 g/mol. The van der Waals surface area contributed by atoms with Crippen LogP contribution >= 0.6 is 0 Å². The number of aryl methyl sites for hydroxylation is 1. The van der Waals surface area contributed by atoms with Crippen molar-refractivity contribution in [2.45, 2.75) is 19.8 Å². The zero-order valence-electron chi connectivity index (χ0n) is 14.4. The third-order valence-electron chi connectivity index (χ3n) is 4.52. The molecule has 1 amide bonds. The molecule has 0 radical (unpaired) electrons. The Kier molecular flexibility index (Phi) is 4.05. The largest absolute Gasteiger partial charge is 0.361 e. The maximum absolute atomic E-state index is 12.6. The molecule has 0 saturated heterocycles. The van der Waals surface area contributed by atoms with Crippen LogP contribution in [-0.4, -0.2) is 15.9 Å². The molecule has 0 aliphatic carbocycles. The van der Waals surface area contributed by atoms with E-state index in [0.29, 0.717) is 11.3 Å². The number of aromatic nitrogens is 2. The average Bonchev–Trinajstić information content (AvgIpc) is 3.09. The molecule has 130 valence electrons. The molecule has 0 unspecified atom stereocenters. The van der Waals surface area contributed by atoms with Gasteiger partial charge in [-0.15, -0.1) is 0 Å². The molecular weight excluding hydrogens is 326 g/mol. The standard InChI is InChI=1S/C21H19N3O2/c1-2-3-13-11-20(25)24-19-12-16(5-6-17(13)19)23-21(26)15-4-7-18-14(10-15)8-9-22-18/h4-12,22H,2-3H2,1H3,(H,23,26)(H,24,25). The molecule has 0 bridgehead atoms. The highest BCUT2D eigenvalue weighted by Gasteiger charge is 2.09. The van der Waals surface area contributed by atoms with Gasteiger partial charge < -0.3 is 15.3 Å². The molecule has 2 heterocycles. The Morgan fingerprint density at radius 3 is 2.77 bits per heavy atom. The first-order valence-corrected chi connectivity index (χ1v) is 8.68. The van der Waals surface area contributed by atoms with Crippen molar-refractivity contribution in [1.82, 2.24) is 9.97 Å². The highest BCUT2D eigenvalue weighted by atomic mass is 16.1. The summed E-state index contributed by atoms with van der Waals surface area (Å²) in [6.45, 7) is 2.09. The fraction of sp³-hybridized carbons (Fsp3) is 0.143. The van der Waals surface area contributed by atoms with Gasteiger partial charge in [-0.05, 0) is 48.4 Å². The maximum Gasteiger partial charge on any atom is 0.255 e. The molecule has 0 fully saturated rings. The Balaban J connectivity index is 1.66. The number of rotatable bonds is 4. The summed E-state index contributed by atoms with van der Waals surface area (Å²) in [5.41, 5.74) is 3.88. The minimum absolute atomic E-state index is 0.123. The highest BCUT2D eigenvalue weighted by Crippen LogP contribution is 2.22. The lowest BCUT2D eigenvalue weighted by Crippen LogP contribution is -2.12. The first kappa shape index (κ1) is 16.1. The summed E-state index contributed by atoms with van der Waals surface area (Å²) in [6.07, 6.45) is 3.67. The van der Waals surface area contributed by atoms with Crippen molar-refractivity contribution in [2.75, 3.05) is 5.32 Å². The van der Waals surface area contributed by atoms with E-state index in [1.54, 1.807) is 12.1 Å². The van der Waals surface area contributed by atoms with Crippen LogP contribution in [0.25, 0.3) is 21.8 Å². The fourth-order valence-corrected chi connectivity index (χ4v) is 3.28. The number of H-pyrrole nitrogens is 2. The molecule has 0 aliphatic heterocycles. The van der Waals surface area contributed by atoms with E-state index in [-0.39, 0.29) is 11.5 Å². The molecule has 5 nitrogen and oxygen atoms in total. The van der Waals surface area contributed by atoms with E-state index in [9.17, 15) is 9.59 Å². The number of carbonyl (C=O) groups excluding carboxylic acids is 1. The summed E-state index contributed by atoms with van der Waals surface area (Å²) in [4.78, 5) is 30.4. The minimum Gasteiger partial charge on any atom is -0.361 e. The summed E-state index contributed by atoms with van der Waals surface area (Å²) in [5.74, 6) is -0.181. The van der Waals surface area contributed by atoms with E-state index in [1.165, 1.54) is 0 Å². The van der Waals surface area contributed by atoms with Crippen LogP contribution in [-0.2, 0) is 6.42 Å². The molecule has 0 saturated carbocycles. The lowest BCUT2D eigenvalue weighted by atomic mass is 10.0. The summed E-state index contributed by atoms with van der Waals surface area (Å²) in [5, 5.41) is 4.91. The fourth-order valence-electron chi connectivity index (χ4n) is 3.28. The first-order valence-electron chi connectivity index (χ1n) is 8.68. The number of fused-ring (bicyclic) bond motifs is 2. The zero-order chi connectivity index (χ0) is 18.1. The number of benzene rings is 2. The van der Waals surface area contributed by atoms with Gasteiger partial charge in [-0.25, -0.2) is 0 Å². The van der Waals surface area contributed by atoms with Crippen LogP contribution in [0.1, 0.15) is 29.3 Å². The Hall–Kier alpha value is -3.34. The second kappa shape index (κ2) is 6.52. The monoisotopic (exact) mass is 345 g/mol. The molecule has 0 atom stereocenters. The Bertz CT molecular complexity index is 1170. The second-order valence-corrected chi connectivity index (χ2v) is 6.40. The number of pyridine rings is 1. The Labute approximate surface area is 150 Å². The van der Waals surface area contributed by atoms with Crippen molar-refractivity contribution in [3.63, 3.8) is 0 Å². The number of aromatic amines is 2. The van der Waals surface area contributed by atoms with Gasteiger partial charge in [0.2, 0.25) is 5.56 Å². The van der Waals surface area contributed by atoms with Gasteiger partial charge in [0, 0.05) is 39.8 Å². The van der Waals surface area contributed by atoms with Crippen LogP contribution in [0.5, 0.6) is 0 Å². The predicted molar refractivity (Wildman–Crippen MR) is 105 cm³/mol. The van der Waals surface area contributed by atoms with Gasteiger partial charge >= 0.3 is 0 Å². The van der Waals surface area contributed by atoms with Crippen molar-refractivity contribution < 1.29 is 4.79 Å². The van der Waals surface area contributed by atoms with Crippen LogP contribution in [0.3, 0.4) is 0 Å². The first-order chi connectivity index (χ1) is 12.6. The van der Waals surface area contributed by atoms with E-state index in [1.807, 2.05) is 42.6 Å². The van der Waals surface area contributed by atoms with E-state index in [4.69, 9.17) is 0 Å². The smallest absolute Gasteiger partial charge is 0.255 e. The number of carbonyl (C=O) groups is 1. The lowest BCUT2D eigenvalue weighted by Gasteiger charge is -2.09. The molecule has 3 N–H and O–H groups in total. The zero-order valence-corrected chi connectivity index (χ0v) is 14.4. The highest BCUT2D eigenvalue weighted by molar-refractivity contribution is 6.07. The molecule has 26 heavy (non-hydrogen) atoms. The van der Waals surface area contributed by atoms with Crippen LogP contribution < -0.4 is 10.9 Å². The molecule has 0 spiro atoms. The van der Waals surface area contributed by atoms with Gasteiger partial charge in [-0.1, -0.05) is 19.4 Å². The molecule has 2 aromatic heterocycles. The van der Waals surface area contributed by atoms with Crippen LogP contribution in [0.4, 0.5) is 5.69 Å². The van der Waals surface area contributed by atoms with Crippen molar-refractivity contribution in [3.8, 4) is 0 Å². The summed E-state index contributed by atoms with van der Waals surface area (Å²) in [6, 6.07) is 14.7. The molecule has 0 aliphatic rings. The molecule has 4 aromatic rings. The van der Waals surface area contributed by atoms with E-state index in [2.05, 4.69) is 22.2 Å². The topological polar surface area (TPSA) is 77.8 Å². The van der Waals surface area contributed by atoms with Gasteiger partial charge in [0.15, 0.2) is 0 Å². The van der Waals surface area contributed by atoms with Crippen LogP contribution in [0, 0.1) is 0 Å². The number of anilines is 1. The molecule has 4 rings (SSSR count). The maximum atomic E-state index is 12.6.